The smallest absolute Gasteiger partial charge is 0.303 e. The molecule has 1 aromatic carbocycles. The van der Waals surface area contributed by atoms with Crippen LogP contribution in [0.15, 0.2) is 30.5 Å². The first-order valence-corrected chi connectivity index (χ1v) is 6.58. The summed E-state index contributed by atoms with van der Waals surface area (Å²) in [6, 6.07) is 7.16. The first-order valence-electron chi connectivity index (χ1n) is 6.58. The second-order valence-electron chi connectivity index (χ2n) is 4.81. The van der Waals surface area contributed by atoms with Gasteiger partial charge in [0.25, 0.3) is 5.91 Å². The van der Waals surface area contributed by atoms with Crippen LogP contribution in [0.4, 0.5) is 5.69 Å². The number of carbonyl (C=O) groups is 2. The number of aromatic nitrogens is 2. The molecule has 2 aromatic rings. The Morgan fingerprint density at radius 2 is 1.95 bits per heavy atom. The Morgan fingerprint density at radius 1 is 1.29 bits per heavy atom. The van der Waals surface area contributed by atoms with Crippen LogP contribution in [0.2, 0.25) is 0 Å². The van der Waals surface area contributed by atoms with Gasteiger partial charge in [-0.25, -0.2) is 0 Å². The molecule has 0 aliphatic rings. The van der Waals surface area contributed by atoms with E-state index in [-0.39, 0.29) is 12.3 Å². The average Bonchev–Trinajstić information content (AvgIpc) is 2.78. The summed E-state index contributed by atoms with van der Waals surface area (Å²) in [5, 5.41) is 15.5. The zero-order valence-corrected chi connectivity index (χ0v) is 12.0. The number of nitrogens with one attached hydrogen (secondary N) is 1. The van der Waals surface area contributed by atoms with Crippen LogP contribution < -0.4 is 5.32 Å². The molecule has 0 spiro atoms. The maximum absolute atomic E-state index is 12.1. The fourth-order valence-corrected chi connectivity index (χ4v) is 1.93. The Hall–Kier alpha value is -2.63. The van der Waals surface area contributed by atoms with Gasteiger partial charge in [0.2, 0.25) is 0 Å². The molecule has 6 nitrogen and oxygen atoms in total. The molecule has 110 valence electrons. The van der Waals surface area contributed by atoms with Crippen LogP contribution in [-0.2, 0) is 18.3 Å². The third-order valence-corrected chi connectivity index (χ3v) is 3.32. The number of benzene rings is 1. The predicted molar refractivity (Wildman–Crippen MR) is 78.3 cm³/mol. The normalized spacial score (nSPS) is 10.4. The lowest BCUT2D eigenvalue weighted by molar-refractivity contribution is -0.136. The van der Waals surface area contributed by atoms with Gasteiger partial charge in [0.15, 0.2) is 0 Å². The van der Waals surface area contributed by atoms with Gasteiger partial charge in [-0.3, -0.25) is 14.3 Å². The van der Waals surface area contributed by atoms with Gasteiger partial charge in [-0.2, -0.15) is 5.10 Å². The molecule has 6 heteroatoms. The molecule has 1 amide bonds. The zero-order chi connectivity index (χ0) is 15.4. The van der Waals surface area contributed by atoms with E-state index in [1.807, 2.05) is 19.1 Å². The van der Waals surface area contributed by atoms with Gasteiger partial charge in [-0.15, -0.1) is 0 Å². The lowest BCUT2D eigenvalue weighted by Gasteiger charge is -2.06. The number of rotatable bonds is 5. The van der Waals surface area contributed by atoms with E-state index in [0.717, 1.165) is 11.3 Å². The van der Waals surface area contributed by atoms with Crippen molar-refractivity contribution in [1.82, 2.24) is 9.78 Å². The highest BCUT2D eigenvalue weighted by Crippen LogP contribution is 2.14. The minimum absolute atomic E-state index is 0.0978. The number of aliphatic carboxylic acids is 1. The molecular weight excluding hydrogens is 270 g/mol. The van der Waals surface area contributed by atoms with Gasteiger partial charge in [-0.05, 0) is 31.0 Å². The van der Waals surface area contributed by atoms with Crippen molar-refractivity contribution < 1.29 is 14.7 Å². The highest BCUT2D eigenvalue weighted by atomic mass is 16.4. The third kappa shape index (κ3) is 3.68. The number of anilines is 1. The second kappa shape index (κ2) is 6.21. The van der Waals surface area contributed by atoms with Crippen molar-refractivity contribution in [2.45, 2.75) is 19.8 Å². The second-order valence-corrected chi connectivity index (χ2v) is 4.81. The fraction of sp³-hybridized carbons (Fsp3) is 0.267. The number of amides is 1. The number of carboxylic acid groups (broad SMARTS) is 1. The topological polar surface area (TPSA) is 84.2 Å². The number of nitrogens with zero attached hydrogens (tertiary/aromatic N) is 2. The van der Waals surface area contributed by atoms with Crippen molar-refractivity contribution in [3.05, 3.63) is 47.3 Å². The van der Waals surface area contributed by atoms with Crippen molar-refractivity contribution in [2.75, 3.05) is 5.32 Å². The summed E-state index contributed by atoms with van der Waals surface area (Å²) in [5.41, 5.74) is 2.92. The Morgan fingerprint density at radius 3 is 2.48 bits per heavy atom. The first-order chi connectivity index (χ1) is 9.97. The summed E-state index contributed by atoms with van der Waals surface area (Å²) < 4.78 is 1.64. The van der Waals surface area contributed by atoms with Gasteiger partial charge >= 0.3 is 5.97 Å². The molecule has 0 fully saturated rings. The highest BCUT2D eigenvalue weighted by Gasteiger charge is 2.12. The van der Waals surface area contributed by atoms with Gasteiger partial charge < -0.3 is 10.4 Å². The summed E-state index contributed by atoms with van der Waals surface area (Å²) in [4.78, 5) is 22.6. The summed E-state index contributed by atoms with van der Waals surface area (Å²) in [7, 11) is 1.78. The summed E-state index contributed by atoms with van der Waals surface area (Å²) >= 11 is 0. The van der Waals surface area contributed by atoms with Crippen LogP contribution in [0.1, 0.15) is 28.0 Å². The molecular formula is C15H17N3O3. The van der Waals surface area contributed by atoms with Gasteiger partial charge in [0.1, 0.15) is 0 Å². The Bertz CT molecular complexity index is 659. The molecule has 1 heterocycles. The minimum atomic E-state index is -0.820. The van der Waals surface area contributed by atoms with Gasteiger partial charge in [-0.1, -0.05) is 12.1 Å². The number of hydrogen-bond donors (Lipinski definition) is 2. The van der Waals surface area contributed by atoms with Crippen molar-refractivity contribution in [3.8, 4) is 0 Å². The molecule has 0 atom stereocenters. The van der Waals surface area contributed by atoms with E-state index in [9.17, 15) is 9.59 Å². The lowest BCUT2D eigenvalue weighted by Crippen LogP contribution is -2.13. The van der Waals surface area contributed by atoms with Gasteiger partial charge in [0, 0.05) is 24.8 Å². The number of aryl methyl sites for hydroxylation is 2. The van der Waals surface area contributed by atoms with Crippen LogP contribution in [0.3, 0.4) is 0 Å². The summed E-state index contributed by atoms with van der Waals surface area (Å²) in [6.07, 6.45) is 2.11. The Kier molecular flexibility index (Phi) is 4.37. The standard InChI is InChI=1S/C15H17N3O3/c1-10-13(9-16-18(10)2)15(21)17-12-6-3-11(4-7-12)5-8-14(19)20/h3-4,6-7,9H,5,8H2,1-2H3,(H,17,21)(H,19,20). The number of carboxylic acids is 1. The SMILES string of the molecule is Cc1c(C(=O)Nc2ccc(CCC(=O)O)cc2)cnn1C. The van der Waals surface area contributed by atoms with Crippen molar-refractivity contribution in [2.24, 2.45) is 7.05 Å². The van der Waals surface area contributed by atoms with E-state index in [1.165, 1.54) is 6.20 Å². The maximum atomic E-state index is 12.1. The van der Waals surface area contributed by atoms with E-state index in [0.29, 0.717) is 17.7 Å². The molecule has 0 unspecified atom stereocenters. The third-order valence-electron chi connectivity index (χ3n) is 3.32. The molecule has 0 saturated carbocycles. The molecule has 2 N–H and O–H groups in total. The molecule has 0 bridgehead atoms. The van der Waals surface area contributed by atoms with E-state index in [2.05, 4.69) is 10.4 Å². The number of hydrogen-bond acceptors (Lipinski definition) is 3. The average molecular weight is 287 g/mol. The predicted octanol–water partition coefficient (Wildman–Crippen LogP) is 2.00. The van der Waals surface area contributed by atoms with Crippen molar-refractivity contribution >= 4 is 17.6 Å². The molecule has 0 saturated heterocycles. The molecule has 0 aliphatic heterocycles. The molecule has 0 aliphatic carbocycles. The maximum Gasteiger partial charge on any atom is 0.303 e. The van der Waals surface area contributed by atoms with Crippen LogP contribution in [0, 0.1) is 6.92 Å². The molecule has 1 aromatic heterocycles. The molecule has 0 radical (unpaired) electrons. The van der Waals surface area contributed by atoms with Crippen LogP contribution in [0.25, 0.3) is 0 Å². The fourth-order valence-electron chi connectivity index (χ4n) is 1.93. The Labute approximate surface area is 122 Å². The van der Waals surface area contributed by atoms with Crippen molar-refractivity contribution in [1.29, 1.82) is 0 Å². The summed E-state index contributed by atoms with van der Waals surface area (Å²) in [6.45, 7) is 1.83. The van der Waals surface area contributed by atoms with E-state index in [1.54, 1.807) is 23.9 Å². The van der Waals surface area contributed by atoms with Crippen molar-refractivity contribution in [3.63, 3.8) is 0 Å². The number of carbonyl (C=O) groups excluding carboxylic acids is 1. The highest BCUT2D eigenvalue weighted by molar-refractivity contribution is 6.04. The van der Waals surface area contributed by atoms with Crippen LogP contribution in [0.5, 0.6) is 0 Å². The molecule has 2 rings (SSSR count). The first kappa shape index (κ1) is 14.8. The summed E-state index contributed by atoms with van der Waals surface area (Å²) in [5.74, 6) is -1.03. The molecule has 21 heavy (non-hydrogen) atoms. The van der Waals surface area contributed by atoms with E-state index < -0.39 is 5.97 Å². The van der Waals surface area contributed by atoms with Crippen LogP contribution in [-0.4, -0.2) is 26.8 Å². The quantitative estimate of drug-likeness (QED) is 0.881. The Balaban J connectivity index is 2.01. The van der Waals surface area contributed by atoms with Gasteiger partial charge in [0.05, 0.1) is 11.8 Å². The lowest BCUT2D eigenvalue weighted by atomic mass is 10.1. The minimum Gasteiger partial charge on any atom is -0.481 e. The van der Waals surface area contributed by atoms with E-state index >= 15 is 0 Å². The largest absolute Gasteiger partial charge is 0.481 e. The zero-order valence-electron chi connectivity index (χ0n) is 12.0. The van der Waals surface area contributed by atoms with E-state index in [4.69, 9.17) is 5.11 Å². The monoisotopic (exact) mass is 287 g/mol. The van der Waals surface area contributed by atoms with Crippen LogP contribution >= 0.6 is 0 Å².